The number of esters is 1. The molecule has 0 bridgehead atoms. The summed E-state index contributed by atoms with van der Waals surface area (Å²) in [6.07, 6.45) is 0. The third-order valence-corrected chi connectivity index (χ3v) is 3.27. The molecule has 1 aromatic carbocycles. The third kappa shape index (κ3) is 2.18. The highest BCUT2D eigenvalue weighted by Crippen LogP contribution is 2.34. The Bertz CT molecular complexity index is 365. The number of rotatable bonds is 2. The van der Waals surface area contributed by atoms with Gasteiger partial charge >= 0.3 is 5.97 Å². The van der Waals surface area contributed by atoms with Gasteiger partial charge in [0.25, 0.3) is 0 Å². The second kappa shape index (κ2) is 3.34. The molecule has 0 radical (unpaired) electrons. The van der Waals surface area contributed by atoms with E-state index in [-0.39, 0.29) is 5.97 Å². The third-order valence-electron chi connectivity index (χ3n) is 1.72. The van der Waals surface area contributed by atoms with Gasteiger partial charge in [-0.1, -0.05) is 0 Å². The molecule has 3 heteroatoms. The van der Waals surface area contributed by atoms with Crippen LogP contribution >= 0.6 is 10.5 Å². The minimum absolute atomic E-state index is 0.270. The molecule has 1 atom stereocenters. The van der Waals surface area contributed by atoms with E-state index in [4.69, 9.17) is 4.74 Å². The predicted molar refractivity (Wildman–Crippen MR) is 54.5 cm³/mol. The van der Waals surface area contributed by atoms with Crippen molar-refractivity contribution in [1.82, 2.24) is 0 Å². The van der Waals surface area contributed by atoms with Crippen LogP contribution in [0.4, 0.5) is 0 Å². The van der Waals surface area contributed by atoms with Crippen LogP contribution in [0.1, 0.15) is 6.92 Å². The summed E-state index contributed by atoms with van der Waals surface area (Å²) >= 11 is 0. The van der Waals surface area contributed by atoms with Crippen LogP contribution in [0.15, 0.2) is 29.2 Å². The average molecular weight is 194 g/mol. The van der Waals surface area contributed by atoms with Gasteiger partial charge in [0.05, 0.1) is 0 Å². The Morgan fingerprint density at radius 1 is 1.38 bits per heavy atom. The maximum absolute atomic E-state index is 10.6. The van der Waals surface area contributed by atoms with Crippen molar-refractivity contribution in [2.45, 2.75) is 11.8 Å². The smallest absolute Gasteiger partial charge is 0.308 e. The first kappa shape index (κ1) is 8.51. The zero-order valence-corrected chi connectivity index (χ0v) is 8.14. The summed E-state index contributed by atoms with van der Waals surface area (Å²) in [6, 6.07) is 7.72. The Kier molecular flexibility index (Phi) is 2.19. The van der Waals surface area contributed by atoms with Crippen LogP contribution < -0.4 is 4.74 Å². The zero-order valence-electron chi connectivity index (χ0n) is 7.32. The lowest BCUT2D eigenvalue weighted by Gasteiger charge is -2.01. The monoisotopic (exact) mass is 194 g/mol. The molecule has 0 spiro atoms. The van der Waals surface area contributed by atoms with Gasteiger partial charge in [0.1, 0.15) is 5.75 Å². The Balaban J connectivity index is 2.13. The lowest BCUT2D eigenvalue weighted by Crippen LogP contribution is -2.00. The highest BCUT2D eigenvalue weighted by Gasteiger charge is 2.07. The molecule has 0 saturated carbocycles. The number of carbonyl (C=O) groups excluding carboxylic acids is 1. The molecule has 0 N–H and O–H groups in total. The van der Waals surface area contributed by atoms with Crippen molar-refractivity contribution >= 4 is 21.8 Å². The van der Waals surface area contributed by atoms with Crippen molar-refractivity contribution in [3.05, 3.63) is 24.3 Å². The van der Waals surface area contributed by atoms with Crippen LogP contribution in [0.3, 0.4) is 0 Å². The largest absolute Gasteiger partial charge is 0.427 e. The van der Waals surface area contributed by atoms with Crippen LogP contribution in [0.25, 0.3) is 0 Å². The van der Waals surface area contributed by atoms with E-state index in [1.54, 1.807) is 0 Å². The van der Waals surface area contributed by atoms with Gasteiger partial charge in [-0.05, 0) is 29.6 Å². The van der Waals surface area contributed by atoms with Crippen molar-refractivity contribution in [2.24, 2.45) is 0 Å². The second-order valence-corrected chi connectivity index (χ2v) is 4.82. The molecule has 0 amide bonds. The molecule has 0 saturated heterocycles. The number of benzene rings is 1. The molecule has 2 nitrogen and oxygen atoms in total. The Labute approximate surface area is 79.5 Å². The molecule has 13 heavy (non-hydrogen) atoms. The summed E-state index contributed by atoms with van der Waals surface area (Å²) in [7, 11) is 0.385. The molecule has 0 fully saturated rings. The second-order valence-electron chi connectivity index (χ2n) is 2.83. The molecule has 0 aliphatic carbocycles. The summed E-state index contributed by atoms with van der Waals surface area (Å²) in [6.45, 7) is 1.41. The van der Waals surface area contributed by atoms with Gasteiger partial charge in [-0.15, -0.1) is 0 Å². The molecule has 68 valence electrons. The Hall–Kier alpha value is -1.09. The SMILES string of the molecule is CC(=O)Oc1ccc(S2=CC2)cc1. The highest BCUT2D eigenvalue weighted by molar-refractivity contribution is 8.22. The summed E-state index contributed by atoms with van der Waals surface area (Å²) in [5.41, 5.74) is 0. The van der Waals surface area contributed by atoms with Crippen molar-refractivity contribution in [2.75, 3.05) is 5.75 Å². The van der Waals surface area contributed by atoms with E-state index in [1.165, 1.54) is 17.6 Å². The van der Waals surface area contributed by atoms with E-state index in [1.807, 2.05) is 24.3 Å². The van der Waals surface area contributed by atoms with Gasteiger partial charge in [0, 0.05) is 17.6 Å². The molecular formula is C10H10O2S. The van der Waals surface area contributed by atoms with Crippen molar-refractivity contribution in [3.63, 3.8) is 0 Å². The fourth-order valence-corrected chi connectivity index (χ4v) is 2.22. The first-order chi connectivity index (χ1) is 6.25. The van der Waals surface area contributed by atoms with E-state index in [0.717, 1.165) is 0 Å². The van der Waals surface area contributed by atoms with Gasteiger partial charge in [-0.2, -0.15) is 10.5 Å². The first-order valence-electron chi connectivity index (χ1n) is 4.07. The van der Waals surface area contributed by atoms with Crippen LogP contribution in [-0.4, -0.2) is 17.1 Å². The number of hydrogen-bond acceptors (Lipinski definition) is 2. The highest BCUT2D eigenvalue weighted by atomic mass is 32.2. The maximum Gasteiger partial charge on any atom is 0.308 e. The van der Waals surface area contributed by atoms with Crippen molar-refractivity contribution in [3.8, 4) is 5.75 Å². The van der Waals surface area contributed by atoms with Gasteiger partial charge in [-0.3, -0.25) is 4.79 Å². The van der Waals surface area contributed by atoms with Crippen LogP contribution in [0.5, 0.6) is 5.75 Å². The Morgan fingerprint density at radius 2 is 2.00 bits per heavy atom. The Morgan fingerprint density at radius 3 is 2.46 bits per heavy atom. The summed E-state index contributed by atoms with van der Waals surface area (Å²) < 4.78 is 4.92. The fourth-order valence-electron chi connectivity index (χ4n) is 1.07. The van der Waals surface area contributed by atoms with E-state index < -0.39 is 0 Å². The van der Waals surface area contributed by atoms with Crippen LogP contribution in [0.2, 0.25) is 0 Å². The van der Waals surface area contributed by atoms with Gasteiger partial charge in [0.2, 0.25) is 0 Å². The van der Waals surface area contributed by atoms with Crippen LogP contribution in [0, 0.1) is 0 Å². The van der Waals surface area contributed by atoms with Gasteiger partial charge < -0.3 is 4.74 Å². The number of carbonyl (C=O) groups is 1. The minimum Gasteiger partial charge on any atom is -0.427 e. The van der Waals surface area contributed by atoms with Crippen LogP contribution in [-0.2, 0) is 4.79 Å². The average Bonchev–Trinajstić information content (AvgIpc) is 2.87. The van der Waals surface area contributed by atoms with Crippen molar-refractivity contribution < 1.29 is 9.53 Å². The lowest BCUT2D eigenvalue weighted by atomic mass is 10.3. The van der Waals surface area contributed by atoms with Gasteiger partial charge in [-0.25, -0.2) is 0 Å². The quantitative estimate of drug-likeness (QED) is 0.409. The van der Waals surface area contributed by atoms with Gasteiger partial charge in [0.15, 0.2) is 0 Å². The summed E-state index contributed by atoms with van der Waals surface area (Å²) in [5.74, 6) is 1.56. The molecule has 1 aliphatic rings. The number of hydrogen-bond donors (Lipinski definition) is 0. The minimum atomic E-state index is -0.270. The molecule has 0 aromatic heterocycles. The first-order valence-corrected chi connectivity index (χ1v) is 5.53. The molecule has 1 aliphatic heterocycles. The van der Waals surface area contributed by atoms with E-state index >= 15 is 0 Å². The molecule has 1 aromatic rings. The maximum atomic E-state index is 10.6. The summed E-state index contributed by atoms with van der Waals surface area (Å²) in [4.78, 5) is 11.9. The van der Waals surface area contributed by atoms with E-state index in [9.17, 15) is 4.79 Å². The van der Waals surface area contributed by atoms with E-state index in [2.05, 4.69) is 5.37 Å². The van der Waals surface area contributed by atoms with E-state index in [0.29, 0.717) is 16.2 Å². The fraction of sp³-hybridized carbons (Fsp3) is 0.200. The molecule has 1 unspecified atom stereocenters. The molecule has 1 heterocycles. The normalized spacial score (nSPS) is 19.0. The topological polar surface area (TPSA) is 26.3 Å². The number of ether oxygens (including phenoxy) is 1. The standard InChI is InChI=1S/C10H10O2S/c1-8(11)12-9-2-4-10(5-3-9)13-6-7-13/h2-6H,7H2,1H3. The molecule has 2 rings (SSSR count). The molecular weight excluding hydrogens is 184 g/mol. The lowest BCUT2D eigenvalue weighted by molar-refractivity contribution is -0.131. The predicted octanol–water partition coefficient (Wildman–Crippen LogP) is 2.06. The summed E-state index contributed by atoms with van der Waals surface area (Å²) in [5, 5.41) is 2.28. The van der Waals surface area contributed by atoms with Crippen molar-refractivity contribution in [1.29, 1.82) is 0 Å². The zero-order chi connectivity index (χ0) is 9.26.